The lowest BCUT2D eigenvalue weighted by molar-refractivity contribution is 0.309. The molecule has 1 atom stereocenters. The van der Waals surface area contributed by atoms with Gasteiger partial charge in [-0.2, -0.15) is 0 Å². The third kappa shape index (κ3) is 4.05. The predicted octanol–water partition coefficient (Wildman–Crippen LogP) is 4.36. The van der Waals surface area contributed by atoms with E-state index in [1.807, 2.05) is 6.92 Å². The summed E-state index contributed by atoms with van der Waals surface area (Å²) in [6.45, 7) is 10.6. The highest BCUT2D eigenvalue weighted by molar-refractivity contribution is 5.28. The minimum Gasteiger partial charge on any atom is -0.310 e. The second-order valence-corrected chi connectivity index (χ2v) is 6.00. The molecule has 1 aromatic carbocycles. The molecule has 0 saturated heterocycles. The molecule has 1 rings (SSSR count). The lowest BCUT2D eigenvalue weighted by Crippen LogP contribution is -2.26. The van der Waals surface area contributed by atoms with Crippen molar-refractivity contribution in [3.63, 3.8) is 0 Å². The van der Waals surface area contributed by atoms with Gasteiger partial charge in [0.2, 0.25) is 0 Å². The van der Waals surface area contributed by atoms with Gasteiger partial charge in [0.25, 0.3) is 0 Å². The molecule has 102 valence electrons. The lowest BCUT2D eigenvalue weighted by Gasteiger charge is -2.27. The molecule has 0 saturated carbocycles. The van der Waals surface area contributed by atoms with E-state index in [1.165, 1.54) is 12.1 Å². The molecule has 1 N–H and O–H groups in total. The summed E-state index contributed by atoms with van der Waals surface area (Å²) in [6, 6.07) is 2.45. The van der Waals surface area contributed by atoms with Gasteiger partial charge in [0.15, 0.2) is 0 Å². The highest BCUT2D eigenvalue weighted by Gasteiger charge is 2.23. The molecule has 0 heterocycles. The Morgan fingerprint density at radius 3 is 2.28 bits per heavy atom. The molecule has 0 aromatic heterocycles. The van der Waals surface area contributed by atoms with Crippen molar-refractivity contribution in [2.45, 2.75) is 47.1 Å². The van der Waals surface area contributed by atoms with Crippen LogP contribution in [0, 0.1) is 24.0 Å². The summed E-state index contributed by atoms with van der Waals surface area (Å²) in [7, 11) is 0. The van der Waals surface area contributed by atoms with E-state index in [-0.39, 0.29) is 23.1 Å². The minimum atomic E-state index is -0.344. The first-order valence-corrected chi connectivity index (χ1v) is 6.43. The van der Waals surface area contributed by atoms with Crippen molar-refractivity contribution >= 4 is 0 Å². The molecule has 0 radical (unpaired) electrons. The molecule has 3 heteroatoms. The van der Waals surface area contributed by atoms with Crippen LogP contribution in [0.15, 0.2) is 12.1 Å². The van der Waals surface area contributed by atoms with E-state index in [0.29, 0.717) is 11.1 Å². The van der Waals surface area contributed by atoms with E-state index in [0.717, 1.165) is 13.0 Å². The second kappa shape index (κ2) is 5.79. The van der Waals surface area contributed by atoms with Gasteiger partial charge in [-0.15, -0.1) is 0 Å². The highest BCUT2D eigenvalue weighted by Crippen LogP contribution is 2.31. The van der Waals surface area contributed by atoms with E-state index >= 15 is 0 Å². The zero-order valence-electron chi connectivity index (χ0n) is 11.9. The summed E-state index contributed by atoms with van der Waals surface area (Å²) < 4.78 is 27.6. The maximum absolute atomic E-state index is 14.0. The van der Waals surface area contributed by atoms with Crippen LogP contribution in [-0.2, 0) is 0 Å². The Labute approximate surface area is 109 Å². The zero-order valence-corrected chi connectivity index (χ0v) is 11.9. The van der Waals surface area contributed by atoms with E-state index in [1.54, 1.807) is 6.92 Å². The van der Waals surface area contributed by atoms with Gasteiger partial charge in [-0.25, -0.2) is 8.78 Å². The highest BCUT2D eigenvalue weighted by atomic mass is 19.1. The number of aryl methyl sites for hydroxylation is 1. The molecule has 0 aliphatic carbocycles. The second-order valence-electron chi connectivity index (χ2n) is 6.00. The van der Waals surface area contributed by atoms with Crippen LogP contribution in [0.3, 0.4) is 0 Å². The average Bonchev–Trinajstić information content (AvgIpc) is 2.21. The van der Waals surface area contributed by atoms with Crippen LogP contribution < -0.4 is 5.32 Å². The number of nitrogens with one attached hydrogen (secondary N) is 1. The fourth-order valence-corrected chi connectivity index (χ4v) is 2.08. The van der Waals surface area contributed by atoms with Crippen molar-refractivity contribution in [1.82, 2.24) is 5.32 Å². The Kier molecular flexibility index (Phi) is 4.85. The van der Waals surface area contributed by atoms with Crippen molar-refractivity contribution in [3.05, 3.63) is 34.9 Å². The summed E-state index contributed by atoms with van der Waals surface area (Å²) >= 11 is 0. The number of halogens is 2. The number of benzene rings is 1. The maximum atomic E-state index is 14.0. The Morgan fingerprint density at radius 1 is 1.17 bits per heavy atom. The average molecular weight is 255 g/mol. The predicted molar refractivity (Wildman–Crippen MR) is 71.6 cm³/mol. The Bertz CT molecular complexity index is 408. The van der Waals surface area contributed by atoms with Crippen molar-refractivity contribution in [2.75, 3.05) is 6.54 Å². The molecule has 0 fully saturated rings. The summed E-state index contributed by atoms with van der Waals surface area (Å²) in [5.74, 6) is -0.674. The first-order chi connectivity index (χ1) is 8.24. The first-order valence-electron chi connectivity index (χ1n) is 6.43. The van der Waals surface area contributed by atoms with Gasteiger partial charge in [-0.05, 0) is 43.0 Å². The lowest BCUT2D eigenvalue weighted by atomic mass is 9.85. The fourth-order valence-electron chi connectivity index (χ4n) is 2.08. The Balaban J connectivity index is 3.09. The number of hydrogen-bond donors (Lipinski definition) is 1. The van der Waals surface area contributed by atoms with E-state index in [2.05, 4.69) is 26.1 Å². The summed E-state index contributed by atoms with van der Waals surface area (Å²) in [6.07, 6.45) is 0.764. The van der Waals surface area contributed by atoms with Crippen LogP contribution >= 0.6 is 0 Å². The molecule has 0 bridgehead atoms. The standard InChI is InChI=1S/C15H23F2N/c1-6-18-14(9-15(3,4)5)11-8-12(16)10(2)7-13(11)17/h7-8,14,18H,6,9H2,1-5H3. The van der Waals surface area contributed by atoms with Crippen LogP contribution in [0.5, 0.6) is 0 Å². The third-order valence-corrected chi connectivity index (χ3v) is 2.92. The van der Waals surface area contributed by atoms with Gasteiger partial charge < -0.3 is 5.32 Å². The normalized spacial score (nSPS) is 13.7. The van der Waals surface area contributed by atoms with E-state index in [9.17, 15) is 8.78 Å². The van der Waals surface area contributed by atoms with E-state index in [4.69, 9.17) is 0 Å². The minimum absolute atomic E-state index is 0.0562. The Morgan fingerprint density at radius 2 is 1.78 bits per heavy atom. The SMILES string of the molecule is CCNC(CC(C)(C)C)c1cc(F)c(C)cc1F. The molecular formula is C15H23F2N. The van der Waals surface area contributed by atoms with Crippen molar-refractivity contribution in [2.24, 2.45) is 5.41 Å². The van der Waals surface area contributed by atoms with Gasteiger partial charge in [0.1, 0.15) is 11.6 Å². The van der Waals surface area contributed by atoms with Crippen LogP contribution in [0.2, 0.25) is 0 Å². The van der Waals surface area contributed by atoms with Crippen molar-refractivity contribution < 1.29 is 8.78 Å². The van der Waals surface area contributed by atoms with Crippen LogP contribution in [0.25, 0.3) is 0 Å². The quantitative estimate of drug-likeness (QED) is 0.843. The van der Waals surface area contributed by atoms with Crippen LogP contribution in [-0.4, -0.2) is 6.54 Å². The molecule has 0 spiro atoms. The number of rotatable bonds is 4. The molecule has 18 heavy (non-hydrogen) atoms. The summed E-state index contributed by atoms with van der Waals surface area (Å²) in [4.78, 5) is 0. The molecule has 1 unspecified atom stereocenters. The van der Waals surface area contributed by atoms with Gasteiger partial charge in [0, 0.05) is 11.6 Å². The van der Waals surface area contributed by atoms with E-state index < -0.39 is 0 Å². The Hall–Kier alpha value is -0.960. The van der Waals surface area contributed by atoms with Gasteiger partial charge in [0.05, 0.1) is 0 Å². The van der Waals surface area contributed by atoms with Gasteiger partial charge in [-0.1, -0.05) is 27.7 Å². The van der Waals surface area contributed by atoms with Gasteiger partial charge >= 0.3 is 0 Å². The van der Waals surface area contributed by atoms with Crippen LogP contribution in [0.4, 0.5) is 8.78 Å². The monoisotopic (exact) mass is 255 g/mol. The summed E-state index contributed by atoms with van der Waals surface area (Å²) in [5, 5.41) is 3.24. The molecular weight excluding hydrogens is 232 g/mol. The zero-order chi connectivity index (χ0) is 13.9. The molecule has 1 aromatic rings. The third-order valence-electron chi connectivity index (χ3n) is 2.92. The van der Waals surface area contributed by atoms with Gasteiger partial charge in [-0.3, -0.25) is 0 Å². The van der Waals surface area contributed by atoms with Crippen molar-refractivity contribution in [1.29, 1.82) is 0 Å². The topological polar surface area (TPSA) is 12.0 Å². The molecule has 1 nitrogen and oxygen atoms in total. The largest absolute Gasteiger partial charge is 0.310 e. The maximum Gasteiger partial charge on any atom is 0.128 e. The van der Waals surface area contributed by atoms with Crippen LogP contribution in [0.1, 0.15) is 51.3 Å². The fraction of sp³-hybridized carbons (Fsp3) is 0.600. The molecule has 0 aliphatic rings. The van der Waals surface area contributed by atoms with Crippen molar-refractivity contribution in [3.8, 4) is 0 Å². The molecule has 0 aliphatic heterocycles. The number of hydrogen-bond acceptors (Lipinski definition) is 1. The summed E-state index contributed by atoms with van der Waals surface area (Å²) in [5.41, 5.74) is 0.831. The molecule has 0 amide bonds. The first kappa shape index (κ1) is 15.1. The smallest absolute Gasteiger partial charge is 0.128 e.